The number of hydrogen-bond acceptors (Lipinski definition) is 2. The lowest BCUT2D eigenvalue weighted by atomic mass is 9.89. The second-order valence-corrected chi connectivity index (χ2v) is 6.27. The van der Waals surface area contributed by atoms with Crippen molar-refractivity contribution >= 4 is 11.9 Å². The minimum absolute atomic E-state index is 0.0220. The maximum Gasteiger partial charge on any atom is 0.335 e. The van der Waals surface area contributed by atoms with Crippen LogP contribution >= 0.6 is 0 Å². The van der Waals surface area contributed by atoms with E-state index in [9.17, 15) is 9.59 Å². The number of nitrogens with one attached hydrogen (secondary N) is 1. The van der Waals surface area contributed by atoms with E-state index in [1.165, 1.54) is 0 Å². The maximum absolute atomic E-state index is 12.7. The Labute approximate surface area is 141 Å². The number of carboxylic acid groups (broad SMARTS) is 1. The van der Waals surface area contributed by atoms with E-state index in [2.05, 4.69) is 4.98 Å². The van der Waals surface area contributed by atoms with Crippen LogP contribution in [0.5, 0.6) is 0 Å². The molecule has 5 heteroatoms. The van der Waals surface area contributed by atoms with Crippen LogP contribution in [0, 0.1) is 0 Å². The number of aromatic nitrogens is 1. The summed E-state index contributed by atoms with van der Waals surface area (Å²) in [5, 5.41) is 9.15. The molecule has 5 nitrogen and oxygen atoms in total. The number of aryl methyl sites for hydroxylation is 1. The van der Waals surface area contributed by atoms with Crippen molar-refractivity contribution < 1.29 is 14.7 Å². The summed E-state index contributed by atoms with van der Waals surface area (Å²) in [6, 6.07) is 10.8. The van der Waals surface area contributed by atoms with Gasteiger partial charge in [0, 0.05) is 24.7 Å². The van der Waals surface area contributed by atoms with Crippen molar-refractivity contribution in [2.75, 3.05) is 13.1 Å². The molecule has 0 saturated carbocycles. The zero-order chi connectivity index (χ0) is 17.1. The van der Waals surface area contributed by atoms with Gasteiger partial charge in [0.2, 0.25) is 0 Å². The number of carbonyl (C=O) groups excluding carboxylic acids is 1. The number of piperidine rings is 1. The fourth-order valence-corrected chi connectivity index (χ4v) is 3.30. The molecule has 2 aromatic rings. The molecule has 1 aromatic carbocycles. The van der Waals surface area contributed by atoms with Crippen molar-refractivity contribution in [2.24, 2.45) is 0 Å². The van der Waals surface area contributed by atoms with Gasteiger partial charge >= 0.3 is 5.97 Å². The molecular formula is C19H22N2O3. The molecule has 3 rings (SSSR count). The highest BCUT2D eigenvalue weighted by molar-refractivity contribution is 5.92. The quantitative estimate of drug-likeness (QED) is 0.905. The van der Waals surface area contributed by atoms with E-state index in [0.717, 1.165) is 37.1 Å². The van der Waals surface area contributed by atoms with Gasteiger partial charge in [-0.15, -0.1) is 0 Å². The summed E-state index contributed by atoms with van der Waals surface area (Å²) in [7, 11) is 0. The number of rotatable bonds is 4. The fraction of sp³-hybridized carbons (Fsp3) is 0.368. The van der Waals surface area contributed by atoms with Crippen LogP contribution in [0.2, 0.25) is 0 Å². The first-order chi connectivity index (χ1) is 11.6. The van der Waals surface area contributed by atoms with E-state index in [0.29, 0.717) is 17.8 Å². The molecule has 0 bridgehead atoms. The molecule has 0 radical (unpaired) electrons. The van der Waals surface area contributed by atoms with Gasteiger partial charge in [0.1, 0.15) is 5.69 Å². The van der Waals surface area contributed by atoms with Crippen LogP contribution in [0.1, 0.15) is 57.8 Å². The fourth-order valence-electron chi connectivity index (χ4n) is 3.30. The predicted octanol–water partition coefficient (Wildman–Crippen LogP) is 3.30. The van der Waals surface area contributed by atoms with Crippen LogP contribution in [0.15, 0.2) is 36.4 Å². The molecule has 1 aliphatic heterocycles. The number of hydrogen-bond donors (Lipinski definition) is 2. The Bertz CT molecular complexity index is 751. The summed E-state index contributed by atoms with van der Waals surface area (Å²) in [6.07, 6.45) is 2.77. The van der Waals surface area contributed by atoms with E-state index >= 15 is 0 Å². The van der Waals surface area contributed by atoms with Crippen molar-refractivity contribution in [1.29, 1.82) is 0 Å². The lowest BCUT2D eigenvalue weighted by Crippen LogP contribution is -2.39. The standard InChI is InChI=1S/C19H22N2O3/c1-2-16-8-9-17(20-16)18(22)21-10-4-7-15(12-21)13-5-3-6-14(11-13)19(23)24/h3,5-6,8-9,11,15,20H,2,4,7,10,12H2,1H3,(H,23,24)/t15-/m1/s1. The average Bonchev–Trinajstić information content (AvgIpc) is 3.10. The molecule has 126 valence electrons. The zero-order valence-electron chi connectivity index (χ0n) is 13.8. The Morgan fingerprint density at radius 2 is 2.12 bits per heavy atom. The molecular weight excluding hydrogens is 304 g/mol. The van der Waals surface area contributed by atoms with Gasteiger partial charge in [-0.2, -0.15) is 0 Å². The second kappa shape index (κ2) is 6.91. The zero-order valence-corrected chi connectivity index (χ0v) is 13.8. The smallest absolute Gasteiger partial charge is 0.335 e. The van der Waals surface area contributed by atoms with E-state index in [-0.39, 0.29) is 11.8 Å². The Morgan fingerprint density at radius 3 is 2.83 bits per heavy atom. The van der Waals surface area contributed by atoms with E-state index in [1.807, 2.05) is 30.0 Å². The first-order valence-electron chi connectivity index (χ1n) is 8.39. The van der Waals surface area contributed by atoms with Crippen molar-refractivity contribution in [3.05, 3.63) is 58.9 Å². The van der Waals surface area contributed by atoms with Crippen molar-refractivity contribution in [1.82, 2.24) is 9.88 Å². The maximum atomic E-state index is 12.7. The summed E-state index contributed by atoms with van der Waals surface area (Å²) in [5.74, 6) is -0.713. The number of amides is 1. The molecule has 0 unspecified atom stereocenters. The average molecular weight is 326 g/mol. The third-order valence-corrected chi connectivity index (χ3v) is 4.67. The van der Waals surface area contributed by atoms with Crippen molar-refractivity contribution in [3.63, 3.8) is 0 Å². The molecule has 2 N–H and O–H groups in total. The topological polar surface area (TPSA) is 73.4 Å². The molecule has 1 amide bonds. The van der Waals surface area contributed by atoms with Crippen LogP contribution in [0.4, 0.5) is 0 Å². The lowest BCUT2D eigenvalue weighted by molar-refractivity contribution is 0.0686. The first kappa shape index (κ1) is 16.3. The van der Waals surface area contributed by atoms with Crippen LogP contribution in [-0.4, -0.2) is 40.0 Å². The highest BCUT2D eigenvalue weighted by Gasteiger charge is 2.26. The van der Waals surface area contributed by atoms with E-state index in [4.69, 9.17) is 5.11 Å². The summed E-state index contributed by atoms with van der Waals surface area (Å²) < 4.78 is 0. The molecule has 1 fully saturated rings. The van der Waals surface area contributed by atoms with E-state index < -0.39 is 5.97 Å². The number of aromatic carboxylic acids is 1. The second-order valence-electron chi connectivity index (χ2n) is 6.27. The number of carbonyl (C=O) groups is 2. The molecule has 0 spiro atoms. The highest BCUT2D eigenvalue weighted by Crippen LogP contribution is 2.28. The molecule has 1 atom stereocenters. The minimum atomic E-state index is -0.918. The Hall–Kier alpha value is -2.56. The highest BCUT2D eigenvalue weighted by atomic mass is 16.4. The largest absolute Gasteiger partial charge is 0.478 e. The monoisotopic (exact) mass is 326 g/mol. The number of aromatic amines is 1. The van der Waals surface area contributed by atoms with E-state index in [1.54, 1.807) is 18.2 Å². The number of nitrogens with zero attached hydrogens (tertiary/aromatic N) is 1. The van der Waals surface area contributed by atoms with Crippen molar-refractivity contribution in [2.45, 2.75) is 32.1 Å². The summed E-state index contributed by atoms with van der Waals surface area (Å²) in [5.41, 5.74) is 2.98. The number of likely N-dealkylation sites (tertiary alicyclic amines) is 1. The van der Waals surface area contributed by atoms with Crippen LogP contribution < -0.4 is 0 Å². The third kappa shape index (κ3) is 3.35. The SMILES string of the molecule is CCc1ccc(C(=O)N2CCC[C@@H](c3cccc(C(=O)O)c3)C2)[nH]1. The Morgan fingerprint density at radius 1 is 1.29 bits per heavy atom. The molecule has 2 heterocycles. The van der Waals surface area contributed by atoms with Gasteiger partial charge in [-0.1, -0.05) is 19.1 Å². The van der Waals surface area contributed by atoms with Gasteiger partial charge in [-0.25, -0.2) is 4.79 Å². The Balaban J connectivity index is 1.75. The van der Waals surface area contributed by atoms with Crippen LogP contribution in [0.3, 0.4) is 0 Å². The molecule has 0 aliphatic carbocycles. The van der Waals surface area contributed by atoms with Gasteiger partial charge in [0.25, 0.3) is 5.91 Å². The predicted molar refractivity (Wildman–Crippen MR) is 91.5 cm³/mol. The lowest BCUT2D eigenvalue weighted by Gasteiger charge is -2.33. The minimum Gasteiger partial charge on any atom is -0.478 e. The van der Waals surface area contributed by atoms with Crippen LogP contribution in [-0.2, 0) is 6.42 Å². The number of benzene rings is 1. The van der Waals surface area contributed by atoms with Crippen LogP contribution in [0.25, 0.3) is 0 Å². The summed E-state index contributed by atoms with van der Waals surface area (Å²) in [6.45, 7) is 3.42. The number of carboxylic acids is 1. The Kier molecular flexibility index (Phi) is 4.69. The summed E-state index contributed by atoms with van der Waals surface area (Å²) in [4.78, 5) is 28.9. The van der Waals surface area contributed by atoms with Gasteiger partial charge in [0.05, 0.1) is 5.56 Å². The van der Waals surface area contributed by atoms with Gasteiger partial charge < -0.3 is 15.0 Å². The van der Waals surface area contributed by atoms with Gasteiger partial charge in [0.15, 0.2) is 0 Å². The summed E-state index contributed by atoms with van der Waals surface area (Å²) >= 11 is 0. The van der Waals surface area contributed by atoms with Gasteiger partial charge in [-0.3, -0.25) is 4.79 Å². The molecule has 1 aromatic heterocycles. The van der Waals surface area contributed by atoms with Crippen molar-refractivity contribution in [3.8, 4) is 0 Å². The molecule has 24 heavy (non-hydrogen) atoms. The van der Waals surface area contributed by atoms with Gasteiger partial charge in [-0.05, 0) is 49.1 Å². The number of H-pyrrole nitrogens is 1. The first-order valence-corrected chi connectivity index (χ1v) is 8.39. The molecule has 1 aliphatic rings. The molecule has 1 saturated heterocycles. The normalized spacial score (nSPS) is 17.7. The third-order valence-electron chi connectivity index (χ3n) is 4.67.